The van der Waals surface area contributed by atoms with Crippen LogP contribution in [0.3, 0.4) is 0 Å². The zero-order valence-electron chi connectivity index (χ0n) is 19.4. The van der Waals surface area contributed by atoms with Crippen LogP contribution in [0, 0.1) is 5.92 Å². The monoisotopic (exact) mass is 446 g/mol. The van der Waals surface area contributed by atoms with Gasteiger partial charge in [-0.3, -0.25) is 4.79 Å². The van der Waals surface area contributed by atoms with Gasteiger partial charge in [-0.05, 0) is 54.7 Å². The fourth-order valence-corrected chi connectivity index (χ4v) is 4.27. The van der Waals surface area contributed by atoms with Gasteiger partial charge < -0.3 is 29.5 Å². The molecule has 0 radical (unpaired) electrons. The standard InChI is InChI=1S/C25H34O7/c1-6-7-19(18-9-11-22(30-3)24(13-18)32-5)20(15-26)25(29,16(2)27)14-17-8-10-21(28)23(12-17)31-4/h8-13,19-20,26,28-29H,6-7,14-15H2,1-5H3. The number of phenolic OH excluding ortho intramolecular Hbond substituents is 1. The first kappa shape index (κ1) is 25.5. The normalized spacial score (nSPS) is 14.8. The molecule has 2 rings (SSSR count). The molecule has 0 spiro atoms. The van der Waals surface area contributed by atoms with Crippen LogP contribution in [0.5, 0.6) is 23.0 Å². The predicted molar refractivity (Wildman–Crippen MR) is 122 cm³/mol. The number of methoxy groups -OCH3 is 3. The Balaban J connectivity index is 2.53. The highest BCUT2D eigenvalue weighted by atomic mass is 16.5. The topological polar surface area (TPSA) is 105 Å². The van der Waals surface area contributed by atoms with Crippen LogP contribution in [0.4, 0.5) is 0 Å². The molecule has 0 aliphatic heterocycles. The van der Waals surface area contributed by atoms with Gasteiger partial charge >= 0.3 is 0 Å². The summed E-state index contributed by atoms with van der Waals surface area (Å²) in [6, 6.07) is 10.2. The number of aromatic hydroxyl groups is 1. The lowest BCUT2D eigenvalue weighted by Gasteiger charge is -2.39. The number of aliphatic hydroxyl groups excluding tert-OH is 1. The molecular formula is C25H34O7. The smallest absolute Gasteiger partial charge is 0.162 e. The van der Waals surface area contributed by atoms with Crippen molar-refractivity contribution < 1.29 is 34.3 Å². The average Bonchev–Trinajstić information content (AvgIpc) is 2.79. The Morgan fingerprint density at radius 3 is 2.19 bits per heavy atom. The number of ether oxygens (including phenoxy) is 3. The second-order valence-corrected chi connectivity index (χ2v) is 7.96. The highest BCUT2D eigenvalue weighted by Gasteiger charge is 2.45. The molecule has 0 aliphatic rings. The lowest BCUT2D eigenvalue weighted by molar-refractivity contribution is -0.145. The van der Waals surface area contributed by atoms with Gasteiger partial charge in [0.15, 0.2) is 28.8 Å². The van der Waals surface area contributed by atoms with E-state index in [4.69, 9.17) is 14.2 Å². The minimum atomic E-state index is -1.83. The number of carbonyl (C=O) groups is 1. The maximum Gasteiger partial charge on any atom is 0.162 e. The molecule has 0 fully saturated rings. The molecule has 0 aromatic heterocycles. The van der Waals surface area contributed by atoms with Crippen LogP contribution in [0.25, 0.3) is 0 Å². The van der Waals surface area contributed by atoms with E-state index in [1.165, 1.54) is 20.1 Å². The van der Waals surface area contributed by atoms with Crippen LogP contribution in [-0.2, 0) is 11.2 Å². The molecule has 0 aliphatic carbocycles. The summed E-state index contributed by atoms with van der Waals surface area (Å²) in [5, 5.41) is 31.9. The van der Waals surface area contributed by atoms with E-state index in [1.807, 2.05) is 19.1 Å². The summed E-state index contributed by atoms with van der Waals surface area (Å²) in [5.41, 5.74) is -0.381. The van der Waals surface area contributed by atoms with E-state index in [-0.39, 0.29) is 30.4 Å². The van der Waals surface area contributed by atoms with Crippen molar-refractivity contribution in [2.24, 2.45) is 5.92 Å². The van der Waals surface area contributed by atoms with Gasteiger partial charge in [-0.1, -0.05) is 25.5 Å². The Morgan fingerprint density at radius 2 is 1.66 bits per heavy atom. The molecule has 2 aromatic carbocycles. The molecule has 176 valence electrons. The van der Waals surface area contributed by atoms with Gasteiger partial charge in [-0.25, -0.2) is 0 Å². The molecule has 0 heterocycles. The molecule has 0 bridgehead atoms. The van der Waals surface area contributed by atoms with Gasteiger partial charge in [0, 0.05) is 18.9 Å². The Kier molecular flexibility index (Phi) is 8.92. The zero-order chi connectivity index (χ0) is 23.9. The van der Waals surface area contributed by atoms with Gasteiger partial charge in [-0.15, -0.1) is 0 Å². The highest BCUT2D eigenvalue weighted by Crippen LogP contribution is 2.41. The maximum absolute atomic E-state index is 12.8. The summed E-state index contributed by atoms with van der Waals surface area (Å²) in [4.78, 5) is 12.8. The number of aliphatic hydroxyl groups is 2. The van der Waals surface area contributed by atoms with E-state index in [1.54, 1.807) is 32.4 Å². The number of rotatable bonds is 12. The largest absolute Gasteiger partial charge is 0.504 e. The van der Waals surface area contributed by atoms with Crippen molar-refractivity contribution in [1.82, 2.24) is 0 Å². The number of phenols is 1. The maximum atomic E-state index is 12.8. The number of hydrogen-bond acceptors (Lipinski definition) is 7. The molecular weight excluding hydrogens is 412 g/mol. The molecule has 0 amide bonds. The van der Waals surface area contributed by atoms with Crippen LogP contribution in [-0.4, -0.2) is 54.6 Å². The molecule has 7 heteroatoms. The number of ketones is 1. The third-order valence-corrected chi connectivity index (χ3v) is 6.06. The molecule has 3 N–H and O–H groups in total. The lowest BCUT2D eigenvalue weighted by Crippen LogP contribution is -2.50. The number of hydrogen-bond donors (Lipinski definition) is 3. The summed E-state index contributed by atoms with van der Waals surface area (Å²) in [7, 11) is 4.53. The first-order valence-corrected chi connectivity index (χ1v) is 10.7. The first-order chi connectivity index (χ1) is 15.2. The van der Waals surface area contributed by atoms with Crippen LogP contribution in [0.15, 0.2) is 36.4 Å². The van der Waals surface area contributed by atoms with Crippen molar-refractivity contribution in [2.45, 2.75) is 44.6 Å². The van der Waals surface area contributed by atoms with Crippen molar-refractivity contribution in [3.05, 3.63) is 47.5 Å². The second kappa shape index (κ2) is 11.2. The van der Waals surface area contributed by atoms with Crippen LogP contribution in [0.2, 0.25) is 0 Å². The van der Waals surface area contributed by atoms with Crippen molar-refractivity contribution in [1.29, 1.82) is 0 Å². The fourth-order valence-electron chi connectivity index (χ4n) is 4.27. The van der Waals surface area contributed by atoms with Crippen molar-refractivity contribution in [3.63, 3.8) is 0 Å². The van der Waals surface area contributed by atoms with E-state index in [9.17, 15) is 20.1 Å². The zero-order valence-corrected chi connectivity index (χ0v) is 19.4. The molecule has 3 atom stereocenters. The van der Waals surface area contributed by atoms with Crippen LogP contribution >= 0.6 is 0 Å². The van der Waals surface area contributed by atoms with Gasteiger partial charge in [0.2, 0.25) is 0 Å². The average molecular weight is 447 g/mol. The summed E-state index contributed by atoms with van der Waals surface area (Å²) < 4.78 is 15.9. The Labute approximate surface area is 189 Å². The second-order valence-electron chi connectivity index (χ2n) is 7.96. The van der Waals surface area contributed by atoms with Gasteiger partial charge in [-0.2, -0.15) is 0 Å². The number of benzene rings is 2. The highest BCUT2D eigenvalue weighted by molar-refractivity contribution is 5.85. The molecule has 0 saturated heterocycles. The summed E-state index contributed by atoms with van der Waals surface area (Å²) in [6.45, 7) is 2.96. The lowest BCUT2D eigenvalue weighted by atomic mass is 9.69. The van der Waals surface area contributed by atoms with Gasteiger partial charge in [0.1, 0.15) is 5.60 Å². The quantitative estimate of drug-likeness (QED) is 0.458. The van der Waals surface area contributed by atoms with E-state index in [0.717, 1.165) is 12.0 Å². The molecule has 3 unspecified atom stereocenters. The third kappa shape index (κ3) is 5.34. The Morgan fingerprint density at radius 1 is 1.00 bits per heavy atom. The number of carbonyl (C=O) groups excluding carboxylic acids is 1. The predicted octanol–water partition coefficient (Wildman–Crippen LogP) is 3.47. The Hall–Kier alpha value is -2.77. The third-order valence-electron chi connectivity index (χ3n) is 6.06. The van der Waals surface area contributed by atoms with Crippen molar-refractivity contribution in [2.75, 3.05) is 27.9 Å². The van der Waals surface area contributed by atoms with Gasteiger partial charge in [0.05, 0.1) is 21.3 Å². The summed E-state index contributed by atoms with van der Waals surface area (Å²) in [5.74, 6) is -0.183. The summed E-state index contributed by atoms with van der Waals surface area (Å²) in [6.07, 6.45) is 1.41. The SMILES string of the molecule is CCCC(c1ccc(OC)c(OC)c1)C(CO)C(O)(Cc1ccc(O)c(OC)c1)C(C)=O. The first-order valence-electron chi connectivity index (χ1n) is 10.7. The minimum absolute atomic E-state index is 0.0301. The van der Waals surface area contributed by atoms with E-state index in [0.29, 0.717) is 23.5 Å². The van der Waals surface area contributed by atoms with Crippen molar-refractivity contribution in [3.8, 4) is 23.0 Å². The van der Waals surface area contributed by atoms with Crippen LogP contribution < -0.4 is 14.2 Å². The molecule has 2 aromatic rings. The van der Waals surface area contributed by atoms with E-state index >= 15 is 0 Å². The van der Waals surface area contributed by atoms with E-state index < -0.39 is 17.3 Å². The minimum Gasteiger partial charge on any atom is -0.504 e. The van der Waals surface area contributed by atoms with E-state index in [2.05, 4.69) is 0 Å². The van der Waals surface area contributed by atoms with Crippen molar-refractivity contribution >= 4 is 5.78 Å². The fraction of sp³-hybridized carbons (Fsp3) is 0.480. The van der Waals surface area contributed by atoms with Gasteiger partial charge in [0.25, 0.3) is 0 Å². The summed E-state index contributed by atoms with van der Waals surface area (Å²) >= 11 is 0. The van der Waals surface area contributed by atoms with Crippen LogP contribution in [0.1, 0.15) is 43.7 Å². The Bertz CT molecular complexity index is 911. The number of Topliss-reactive ketones (excluding diaryl/α,β-unsaturated/α-hetero) is 1. The molecule has 7 nitrogen and oxygen atoms in total. The molecule has 32 heavy (non-hydrogen) atoms. The molecule has 0 saturated carbocycles.